The van der Waals surface area contributed by atoms with Crippen LogP contribution in [0.5, 0.6) is 5.88 Å². The fraction of sp³-hybridized carbons (Fsp3) is 0.300. The van der Waals surface area contributed by atoms with Gasteiger partial charge in [0.2, 0.25) is 5.88 Å². The van der Waals surface area contributed by atoms with Crippen LogP contribution in [0.3, 0.4) is 0 Å². The third-order valence-corrected chi connectivity index (χ3v) is 3.55. The molecule has 0 saturated heterocycles. The number of halogens is 1. The first-order valence-corrected chi connectivity index (χ1v) is 6.46. The maximum atomic E-state index is 5.13. The molecule has 2 heterocycles. The Balaban J connectivity index is 2.27. The van der Waals surface area contributed by atoms with Gasteiger partial charge in [0.1, 0.15) is 5.03 Å². The van der Waals surface area contributed by atoms with Gasteiger partial charge in [-0.3, -0.25) is 4.68 Å². The fourth-order valence-electron chi connectivity index (χ4n) is 1.30. The van der Waals surface area contributed by atoms with Crippen LogP contribution in [0.15, 0.2) is 26.9 Å². The van der Waals surface area contributed by atoms with Gasteiger partial charge in [-0.15, -0.1) is 0 Å². The van der Waals surface area contributed by atoms with Crippen molar-refractivity contribution < 1.29 is 4.74 Å². The molecule has 0 fully saturated rings. The summed E-state index contributed by atoms with van der Waals surface area (Å²) in [6.45, 7) is 1.95. The smallest absolute Gasteiger partial charge is 0.231 e. The molecule has 0 aliphatic heterocycles. The highest BCUT2D eigenvalue weighted by molar-refractivity contribution is 9.10. The van der Waals surface area contributed by atoms with Crippen LogP contribution in [0.4, 0.5) is 0 Å². The van der Waals surface area contributed by atoms with Crippen molar-refractivity contribution in [1.29, 1.82) is 0 Å². The maximum absolute atomic E-state index is 5.13. The normalized spacial score (nSPS) is 10.6. The van der Waals surface area contributed by atoms with E-state index < -0.39 is 0 Å². The zero-order valence-electron chi connectivity index (χ0n) is 9.64. The molecule has 0 saturated carbocycles. The number of aromatic nitrogens is 4. The standard InChI is InChI=1S/C10H11BrN4OS/c1-6-4-8(15(2)14-6)17-10-12-5-7(11)9(13-10)16-3/h4-5H,1-3H3. The van der Waals surface area contributed by atoms with E-state index >= 15 is 0 Å². The van der Waals surface area contributed by atoms with Crippen molar-refractivity contribution in [3.05, 3.63) is 22.4 Å². The third-order valence-electron chi connectivity index (χ3n) is 2.04. The van der Waals surface area contributed by atoms with Gasteiger partial charge in [0.05, 0.1) is 17.3 Å². The number of hydrogen-bond acceptors (Lipinski definition) is 5. The molecule has 2 aromatic rings. The molecule has 0 aromatic carbocycles. The van der Waals surface area contributed by atoms with Crippen molar-refractivity contribution in [2.24, 2.45) is 7.05 Å². The molecular weight excluding hydrogens is 304 g/mol. The average Bonchev–Trinajstić information content (AvgIpc) is 2.60. The molecule has 0 amide bonds. The average molecular weight is 315 g/mol. The van der Waals surface area contributed by atoms with Crippen molar-refractivity contribution in [1.82, 2.24) is 19.7 Å². The molecule has 0 aliphatic rings. The minimum absolute atomic E-state index is 0.529. The SMILES string of the molecule is COc1nc(Sc2cc(C)nn2C)ncc1Br. The first-order chi connectivity index (χ1) is 8.10. The number of ether oxygens (including phenoxy) is 1. The quantitative estimate of drug-likeness (QED) is 0.814. The minimum Gasteiger partial charge on any atom is -0.480 e. The monoisotopic (exact) mass is 314 g/mol. The number of aryl methyl sites for hydroxylation is 2. The molecule has 0 unspecified atom stereocenters. The lowest BCUT2D eigenvalue weighted by Crippen LogP contribution is -1.96. The van der Waals surface area contributed by atoms with Crippen LogP contribution in [-0.2, 0) is 7.05 Å². The zero-order chi connectivity index (χ0) is 12.4. The Morgan fingerprint density at radius 1 is 1.47 bits per heavy atom. The summed E-state index contributed by atoms with van der Waals surface area (Å²) in [5, 5.41) is 5.89. The summed E-state index contributed by atoms with van der Waals surface area (Å²) in [7, 11) is 3.47. The van der Waals surface area contributed by atoms with Gasteiger partial charge in [0, 0.05) is 13.2 Å². The van der Waals surface area contributed by atoms with Gasteiger partial charge in [0.25, 0.3) is 0 Å². The van der Waals surface area contributed by atoms with Crippen molar-refractivity contribution >= 4 is 27.7 Å². The number of rotatable bonds is 3. The predicted octanol–water partition coefficient (Wildman–Crippen LogP) is 2.44. The summed E-state index contributed by atoms with van der Waals surface area (Å²) in [5.41, 5.74) is 0.971. The Morgan fingerprint density at radius 2 is 2.24 bits per heavy atom. The summed E-state index contributed by atoms with van der Waals surface area (Å²) in [5.74, 6) is 0.529. The number of methoxy groups -OCH3 is 1. The summed E-state index contributed by atoms with van der Waals surface area (Å²) >= 11 is 4.77. The molecule has 2 aromatic heterocycles. The van der Waals surface area contributed by atoms with Crippen LogP contribution in [0.2, 0.25) is 0 Å². The third kappa shape index (κ3) is 2.78. The molecule has 0 bridgehead atoms. The first kappa shape index (κ1) is 12.4. The largest absolute Gasteiger partial charge is 0.480 e. The minimum atomic E-state index is 0.529. The number of nitrogens with zero attached hydrogens (tertiary/aromatic N) is 4. The molecular formula is C10H11BrN4OS. The Morgan fingerprint density at radius 3 is 2.82 bits per heavy atom. The van der Waals surface area contributed by atoms with Gasteiger partial charge in [-0.05, 0) is 40.7 Å². The molecule has 5 nitrogen and oxygen atoms in total. The van der Waals surface area contributed by atoms with Crippen molar-refractivity contribution in [3.63, 3.8) is 0 Å². The fourth-order valence-corrected chi connectivity index (χ4v) is 2.48. The highest BCUT2D eigenvalue weighted by Crippen LogP contribution is 2.28. The lowest BCUT2D eigenvalue weighted by Gasteiger charge is -2.04. The van der Waals surface area contributed by atoms with Crippen LogP contribution in [0, 0.1) is 6.92 Å². The van der Waals surface area contributed by atoms with E-state index in [-0.39, 0.29) is 0 Å². The van der Waals surface area contributed by atoms with E-state index in [0.29, 0.717) is 11.0 Å². The van der Waals surface area contributed by atoms with Crippen LogP contribution < -0.4 is 4.74 Å². The van der Waals surface area contributed by atoms with Crippen molar-refractivity contribution in [2.75, 3.05) is 7.11 Å². The summed E-state index contributed by atoms with van der Waals surface area (Å²) in [6, 6.07) is 1.99. The van der Waals surface area contributed by atoms with Crippen LogP contribution in [0.1, 0.15) is 5.69 Å². The summed E-state index contributed by atoms with van der Waals surface area (Å²) < 4.78 is 7.67. The van der Waals surface area contributed by atoms with Gasteiger partial charge >= 0.3 is 0 Å². The maximum Gasteiger partial charge on any atom is 0.231 e. The van der Waals surface area contributed by atoms with Crippen molar-refractivity contribution in [2.45, 2.75) is 17.1 Å². The van der Waals surface area contributed by atoms with E-state index in [1.807, 2.05) is 20.0 Å². The second-order valence-corrected chi connectivity index (χ2v) is 5.20. The van der Waals surface area contributed by atoms with Gasteiger partial charge in [-0.2, -0.15) is 10.1 Å². The van der Waals surface area contributed by atoms with E-state index in [2.05, 4.69) is 31.0 Å². The predicted molar refractivity (Wildman–Crippen MR) is 68.4 cm³/mol. The first-order valence-electron chi connectivity index (χ1n) is 4.85. The zero-order valence-corrected chi connectivity index (χ0v) is 12.0. The molecule has 0 spiro atoms. The molecule has 0 radical (unpaired) electrons. The Bertz CT molecular complexity index is 543. The molecule has 2 rings (SSSR count). The molecule has 0 N–H and O–H groups in total. The van der Waals surface area contributed by atoms with Gasteiger partial charge in [-0.1, -0.05) is 0 Å². The molecule has 7 heteroatoms. The van der Waals surface area contributed by atoms with Gasteiger partial charge < -0.3 is 4.74 Å². The van der Waals surface area contributed by atoms with E-state index in [1.165, 1.54) is 11.8 Å². The Hall–Kier alpha value is -1.08. The molecule has 0 atom stereocenters. The molecule has 90 valence electrons. The van der Waals surface area contributed by atoms with Crippen molar-refractivity contribution in [3.8, 4) is 5.88 Å². The van der Waals surface area contributed by atoms with E-state index in [1.54, 1.807) is 18.0 Å². The van der Waals surface area contributed by atoms with Crippen LogP contribution in [0.25, 0.3) is 0 Å². The Kier molecular flexibility index (Phi) is 3.68. The van der Waals surface area contributed by atoms with Gasteiger partial charge in [-0.25, -0.2) is 4.98 Å². The highest BCUT2D eigenvalue weighted by atomic mass is 79.9. The second kappa shape index (κ2) is 5.05. The topological polar surface area (TPSA) is 52.8 Å². The number of hydrogen-bond donors (Lipinski definition) is 0. The Labute approximate surface area is 112 Å². The van der Waals surface area contributed by atoms with Gasteiger partial charge in [0.15, 0.2) is 5.16 Å². The summed E-state index contributed by atoms with van der Waals surface area (Å²) in [4.78, 5) is 8.49. The highest BCUT2D eigenvalue weighted by Gasteiger charge is 2.09. The summed E-state index contributed by atoms with van der Waals surface area (Å²) in [6.07, 6.45) is 1.68. The molecule has 17 heavy (non-hydrogen) atoms. The van der Waals surface area contributed by atoms with Crippen LogP contribution >= 0.6 is 27.7 Å². The lowest BCUT2D eigenvalue weighted by molar-refractivity contribution is 0.389. The lowest BCUT2D eigenvalue weighted by atomic mass is 10.5. The van der Waals surface area contributed by atoms with E-state index in [4.69, 9.17) is 4.74 Å². The molecule has 0 aliphatic carbocycles. The van der Waals surface area contributed by atoms with E-state index in [9.17, 15) is 0 Å². The van der Waals surface area contributed by atoms with Crippen LogP contribution in [-0.4, -0.2) is 26.9 Å². The van der Waals surface area contributed by atoms with E-state index in [0.717, 1.165) is 15.2 Å². The second-order valence-electron chi connectivity index (χ2n) is 3.36.